The molecule has 0 aromatic rings. The van der Waals surface area contributed by atoms with E-state index in [1.54, 1.807) is 0 Å². The highest BCUT2D eigenvalue weighted by Gasteiger charge is 2.41. The highest BCUT2D eigenvalue weighted by Crippen LogP contribution is 2.23. The van der Waals surface area contributed by atoms with Crippen molar-refractivity contribution in [1.82, 2.24) is 10.6 Å². The number of ether oxygens (including phenoxy) is 2. The van der Waals surface area contributed by atoms with Crippen LogP contribution in [-0.2, 0) is 19.1 Å². The summed E-state index contributed by atoms with van der Waals surface area (Å²) in [7, 11) is 0. The third kappa shape index (κ3) is 4.15. The summed E-state index contributed by atoms with van der Waals surface area (Å²) in [6, 6.07) is 0.119. The van der Waals surface area contributed by atoms with Crippen LogP contribution >= 0.6 is 0 Å². The van der Waals surface area contributed by atoms with E-state index in [-0.39, 0.29) is 17.7 Å². The Bertz CT molecular complexity index is 377. The van der Waals surface area contributed by atoms with Crippen LogP contribution in [0.4, 0.5) is 0 Å². The third-order valence-electron chi connectivity index (χ3n) is 2.20. The molecule has 0 amide bonds. The highest BCUT2D eigenvalue weighted by atomic mass is 16.7. The normalized spacial score (nSPS) is 18.2. The van der Waals surface area contributed by atoms with E-state index in [0.29, 0.717) is 5.82 Å². The summed E-state index contributed by atoms with van der Waals surface area (Å²) >= 11 is 0. The van der Waals surface area contributed by atoms with Crippen molar-refractivity contribution in [3.05, 3.63) is 11.4 Å². The van der Waals surface area contributed by atoms with Crippen LogP contribution in [0, 0.1) is 0 Å². The number of cyclic esters (lactones) is 2. The van der Waals surface area contributed by atoms with Crippen LogP contribution in [0.25, 0.3) is 0 Å². The lowest BCUT2D eigenvalue weighted by Crippen LogP contribution is -2.46. The molecule has 19 heavy (non-hydrogen) atoms. The summed E-state index contributed by atoms with van der Waals surface area (Å²) in [6.07, 6.45) is 0. The third-order valence-corrected chi connectivity index (χ3v) is 2.20. The first kappa shape index (κ1) is 15.3. The maximum atomic E-state index is 12.0. The largest absolute Gasteiger partial charge is 0.419 e. The fourth-order valence-electron chi connectivity index (χ4n) is 1.62. The Morgan fingerprint density at radius 1 is 0.947 bits per heavy atom. The first-order valence-corrected chi connectivity index (χ1v) is 6.36. The van der Waals surface area contributed by atoms with Crippen LogP contribution in [0.1, 0.15) is 41.5 Å². The quantitative estimate of drug-likeness (QED) is 0.451. The average Bonchev–Trinajstić information content (AvgIpc) is 2.10. The minimum absolute atomic E-state index is 0.0595. The topological polar surface area (TPSA) is 76.7 Å². The van der Waals surface area contributed by atoms with Gasteiger partial charge in [-0.1, -0.05) is 0 Å². The molecule has 108 valence electrons. The lowest BCUT2D eigenvalue weighted by molar-refractivity contribution is -0.222. The van der Waals surface area contributed by atoms with Crippen molar-refractivity contribution >= 4 is 11.9 Å². The van der Waals surface area contributed by atoms with Gasteiger partial charge in [0, 0.05) is 25.9 Å². The molecule has 0 unspecified atom stereocenters. The van der Waals surface area contributed by atoms with Gasteiger partial charge in [-0.2, -0.15) is 0 Å². The number of hydrogen-bond acceptors (Lipinski definition) is 6. The van der Waals surface area contributed by atoms with Crippen LogP contribution in [0.5, 0.6) is 0 Å². The number of hydrogen-bond donors (Lipinski definition) is 2. The Morgan fingerprint density at radius 2 is 1.32 bits per heavy atom. The van der Waals surface area contributed by atoms with Crippen LogP contribution < -0.4 is 10.6 Å². The van der Waals surface area contributed by atoms with Gasteiger partial charge in [-0.25, -0.2) is 9.59 Å². The molecule has 0 saturated carbocycles. The van der Waals surface area contributed by atoms with Gasteiger partial charge < -0.3 is 20.1 Å². The predicted octanol–water partition coefficient (Wildman–Crippen LogP) is 1.03. The van der Waals surface area contributed by atoms with E-state index in [2.05, 4.69) is 10.6 Å². The standard InChI is InChI=1S/C13H22N2O4/c1-7(2)14-10(15-8(3)4)9-11(16)18-13(5,6)19-12(9)17/h7-8,14-15H,1-6H3. The van der Waals surface area contributed by atoms with Gasteiger partial charge in [0.15, 0.2) is 5.57 Å². The van der Waals surface area contributed by atoms with Gasteiger partial charge >= 0.3 is 11.9 Å². The Morgan fingerprint density at radius 3 is 1.63 bits per heavy atom. The maximum Gasteiger partial charge on any atom is 0.352 e. The Kier molecular flexibility index (Phi) is 4.44. The molecule has 1 aliphatic heterocycles. The average molecular weight is 270 g/mol. The maximum absolute atomic E-state index is 12.0. The van der Waals surface area contributed by atoms with E-state index < -0.39 is 17.7 Å². The smallest absolute Gasteiger partial charge is 0.352 e. The van der Waals surface area contributed by atoms with E-state index in [4.69, 9.17) is 9.47 Å². The summed E-state index contributed by atoms with van der Waals surface area (Å²) in [5.41, 5.74) is -0.123. The van der Waals surface area contributed by atoms with E-state index >= 15 is 0 Å². The molecule has 0 atom stereocenters. The fourth-order valence-corrected chi connectivity index (χ4v) is 1.62. The lowest BCUT2D eigenvalue weighted by Gasteiger charge is -2.31. The summed E-state index contributed by atoms with van der Waals surface area (Å²) in [5.74, 6) is -2.25. The molecule has 0 radical (unpaired) electrons. The molecule has 2 N–H and O–H groups in total. The first-order valence-electron chi connectivity index (χ1n) is 6.36. The van der Waals surface area contributed by atoms with Gasteiger partial charge in [0.25, 0.3) is 5.79 Å². The van der Waals surface area contributed by atoms with Gasteiger partial charge in [0.05, 0.1) is 0 Å². The molecule has 1 saturated heterocycles. The van der Waals surface area contributed by atoms with Crippen LogP contribution in [0.3, 0.4) is 0 Å². The van der Waals surface area contributed by atoms with Crippen LogP contribution in [0.2, 0.25) is 0 Å². The molecular weight excluding hydrogens is 248 g/mol. The van der Waals surface area contributed by atoms with Crippen molar-refractivity contribution < 1.29 is 19.1 Å². The molecule has 1 fully saturated rings. The van der Waals surface area contributed by atoms with Crippen molar-refractivity contribution in [2.24, 2.45) is 0 Å². The Hall–Kier alpha value is -1.72. The molecule has 0 aliphatic carbocycles. The van der Waals surface area contributed by atoms with Crippen molar-refractivity contribution in [2.75, 3.05) is 0 Å². The molecule has 6 heteroatoms. The molecule has 6 nitrogen and oxygen atoms in total. The zero-order valence-corrected chi connectivity index (χ0v) is 12.3. The number of esters is 2. The van der Waals surface area contributed by atoms with Crippen molar-refractivity contribution in [1.29, 1.82) is 0 Å². The van der Waals surface area contributed by atoms with Crippen molar-refractivity contribution in [3.63, 3.8) is 0 Å². The number of nitrogens with one attached hydrogen (secondary N) is 2. The van der Waals surface area contributed by atoms with E-state index in [0.717, 1.165) is 0 Å². The number of rotatable bonds is 4. The fraction of sp³-hybridized carbons (Fsp3) is 0.692. The van der Waals surface area contributed by atoms with Gasteiger partial charge in [-0.3, -0.25) is 0 Å². The van der Waals surface area contributed by atoms with Gasteiger partial charge in [-0.05, 0) is 27.7 Å². The molecule has 1 heterocycles. The van der Waals surface area contributed by atoms with Gasteiger partial charge in [0.2, 0.25) is 0 Å². The van der Waals surface area contributed by atoms with Crippen LogP contribution in [0.15, 0.2) is 11.4 Å². The van der Waals surface area contributed by atoms with E-state index in [1.807, 2.05) is 27.7 Å². The molecule has 0 spiro atoms. The second-order valence-corrected chi connectivity index (χ2v) is 5.53. The molecular formula is C13H22N2O4. The SMILES string of the molecule is CC(C)NC(NC(C)C)=C1C(=O)OC(C)(C)OC1=O. The lowest BCUT2D eigenvalue weighted by atomic mass is 10.2. The minimum atomic E-state index is -1.22. The van der Waals surface area contributed by atoms with Gasteiger partial charge in [0.1, 0.15) is 5.82 Å². The van der Waals surface area contributed by atoms with E-state index in [1.165, 1.54) is 13.8 Å². The second-order valence-electron chi connectivity index (χ2n) is 5.53. The van der Waals surface area contributed by atoms with Gasteiger partial charge in [-0.15, -0.1) is 0 Å². The molecule has 1 aliphatic rings. The molecule has 0 bridgehead atoms. The summed E-state index contributed by atoms with van der Waals surface area (Å²) in [6.45, 7) is 10.7. The highest BCUT2D eigenvalue weighted by molar-refractivity contribution is 6.15. The Labute approximate surface area is 113 Å². The number of carbonyl (C=O) groups is 2. The molecule has 1 rings (SSSR count). The summed E-state index contributed by atoms with van der Waals surface area (Å²) < 4.78 is 10.2. The number of carbonyl (C=O) groups excluding carboxylic acids is 2. The summed E-state index contributed by atoms with van der Waals surface area (Å²) in [5, 5.41) is 6.07. The molecule has 0 aromatic heterocycles. The Balaban J connectivity index is 3.13. The monoisotopic (exact) mass is 270 g/mol. The van der Waals surface area contributed by atoms with Crippen molar-refractivity contribution in [2.45, 2.75) is 59.4 Å². The first-order chi connectivity index (χ1) is 8.62. The van der Waals surface area contributed by atoms with Crippen molar-refractivity contribution in [3.8, 4) is 0 Å². The zero-order chi connectivity index (χ0) is 14.8. The molecule has 0 aromatic carbocycles. The van der Waals surface area contributed by atoms with Crippen LogP contribution in [-0.4, -0.2) is 29.8 Å². The minimum Gasteiger partial charge on any atom is -0.419 e. The second kappa shape index (κ2) is 5.50. The predicted molar refractivity (Wildman–Crippen MR) is 69.8 cm³/mol. The summed E-state index contributed by atoms with van der Waals surface area (Å²) in [4.78, 5) is 23.9. The zero-order valence-electron chi connectivity index (χ0n) is 12.3. The van der Waals surface area contributed by atoms with E-state index in [9.17, 15) is 9.59 Å².